The number of allylic oxidation sites excluding steroid dienone is 3. The summed E-state index contributed by atoms with van der Waals surface area (Å²) < 4.78 is 5.88. The molecule has 0 spiro atoms. The highest BCUT2D eigenvalue weighted by molar-refractivity contribution is 6.02. The highest BCUT2D eigenvalue weighted by Crippen LogP contribution is 2.48. The molecule has 6 nitrogen and oxygen atoms in total. The Bertz CT molecular complexity index is 1140. The summed E-state index contributed by atoms with van der Waals surface area (Å²) in [5.41, 5.74) is 1.39. The molecule has 2 N–H and O–H groups in total. The van der Waals surface area contributed by atoms with E-state index in [4.69, 9.17) is 4.74 Å². The van der Waals surface area contributed by atoms with Crippen LogP contribution in [0.25, 0.3) is 0 Å². The number of carbonyl (C=O) groups excluding carboxylic acids is 3. The van der Waals surface area contributed by atoms with E-state index in [-0.39, 0.29) is 34.7 Å². The van der Waals surface area contributed by atoms with E-state index in [1.165, 1.54) is 30.4 Å². The molecule has 0 bridgehead atoms. The van der Waals surface area contributed by atoms with Crippen molar-refractivity contribution in [2.24, 2.45) is 11.8 Å². The third-order valence-corrected chi connectivity index (χ3v) is 5.43. The van der Waals surface area contributed by atoms with Gasteiger partial charge in [0.25, 0.3) is 0 Å². The summed E-state index contributed by atoms with van der Waals surface area (Å²) in [7, 11) is 0. The molecule has 0 fully saturated rings. The SMILES string of the molecule is CC(C)C(=O)c1ccc(C2c3ccc(O)cc3OC3=CC(=[OH+])C=CC32)c(C(=O)[O-])c1. The lowest BCUT2D eigenvalue weighted by molar-refractivity contribution is -0.255. The van der Waals surface area contributed by atoms with Gasteiger partial charge >= 0.3 is 5.78 Å². The number of ether oxygens (including phenoxy) is 1. The fourth-order valence-electron chi connectivity index (χ4n) is 4.00. The Balaban J connectivity index is 1.93. The molecule has 0 radical (unpaired) electrons. The zero-order valence-corrected chi connectivity index (χ0v) is 16.5. The Morgan fingerprint density at radius 1 is 1.13 bits per heavy atom. The van der Waals surface area contributed by atoms with Crippen LogP contribution in [-0.2, 0) is 0 Å². The number of Topliss-reactive ketones (excluding diaryl/α,β-unsaturated/α-hetero) is 1. The van der Waals surface area contributed by atoms with Crippen molar-refractivity contribution < 1.29 is 29.3 Å². The van der Waals surface area contributed by atoms with E-state index in [9.17, 15) is 24.6 Å². The van der Waals surface area contributed by atoms with Gasteiger partial charge in [0.1, 0.15) is 17.3 Å². The molecule has 0 saturated heterocycles. The molecule has 2 aliphatic rings. The maximum absolute atomic E-state index is 12.4. The lowest BCUT2D eigenvalue weighted by Crippen LogP contribution is -2.30. The lowest BCUT2D eigenvalue weighted by Gasteiger charge is -2.35. The fourth-order valence-corrected chi connectivity index (χ4v) is 4.00. The van der Waals surface area contributed by atoms with Crippen molar-refractivity contribution in [3.05, 3.63) is 82.6 Å². The average Bonchev–Trinajstić information content (AvgIpc) is 2.70. The van der Waals surface area contributed by atoms with Crippen LogP contribution in [0.2, 0.25) is 0 Å². The van der Waals surface area contributed by atoms with Crippen LogP contribution in [0, 0.1) is 11.8 Å². The van der Waals surface area contributed by atoms with Gasteiger partial charge in [0.15, 0.2) is 5.78 Å². The highest BCUT2D eigenvalue weighted by atomic mass is 16.5. The van der Waals surface area contributed by atoms with Crippen LogP contribution in [0.3, 0.4) is 0 Å². The van der Waals surface area contributed by atoms with Crippen LogP contribution in [-0.4, -0.2) is 27.4 Å². The molecule has 152 valence electrons. The maximum atomic E-state index is 12.4. The normalized spacial score (nSPS) is 19.6. The molecule has 30 heavy (non-hydrogen) atoms. The lowest BCUT2D eigenvalue weighted by atomic mass is 9.74. The second-order valence-electron chi connectivity index (χ2n) is 7.77. The summed E-state index contributed by atoms with van der Waals surface area (Å²) in [6.07, 6.45) is 4.75. The fraction of sp³-hybridized carbons (Fsp3) is 0.208. The number of phenolic OH excluding ortho intramolecular Hbond substituents is 1. The molecule has 2 aromatic carbocycles. The number of aromatic hydroxyl groups is 1. The number of phenols is 1. The van der Waals surface area contributed by atoms with E-state index >= 15 is 0 Å². The standard InChI is InChI=1S/C24H20O6/c1-12(2)23(27)13-3-6-16(19(9-13)24(28)29)22-17-7-4-14(25)10-20(17)30-21-11-15(26)5-8-18(21)22/h3-12,17,22,26H,1-2H3,(H,28,29). The number of carbonyl (C=O) groups is 2. The minimum atomic E-state index is -1.38. The first-order valence-electron chi connectivity index (χ1n) is 9.62. The molecule has 1 heterocycles. The summed E-state index contributed by atoms with van der Waals surface area (Å²) in [6.45, 7) is 3.51. The van der Waals surface area contributed by atoms with Crippen molar-refractivity contribution in [2.75, 3.05) is 0 Å². The van der Waals surface area contributed by atoms with Gasteiger partial charge in [-0.3, -0.25) is 9.59 Å². The van der Waals surface area contributed by atoms with E-state index in [1.54, 1.807) is 38.1 Å². The second kappa shape index (κ2) is 7.30. The molecule has 4 rings (SSSR count). The number of hydrogen-bond acceptors (Lipinski definition) is 5. The van der Waals surface area contributed by atoms with E-state index in [0.717, 1.165) is 0 Å². The van der Waals surface area contributed by atoms with E-state index in [2.05, 4.69) is 0 Å². The average molecular weight is 404 g/mol. The first-order valence-corrected chi connectivity index (χ1v) is 9.62. The van der Waals surface area contributed by atoms with Crippen molar-refractivity contribution in [3.8, 4) is 11.5 Å². The van der Waals surface area contributed by atoms with Gasteiger partial charge in [-0.15, -0.1) is 0 Å². The van der Waals surface area contributed by atoms with E-state index in [1.807, 2.05) is 0 Å². The van der Waals surface area contributed by atoms with Gasteiger partial charge in [-0.1, -0.05) is 38.1 Å². The predicted octanol–water partition coefficient (Wildman–Crippen LogP) is 2.73. The van der Waals surface area contributed by atoms with Gasteiger partial charge in [-0.25, -0.2) is 0 Å². The Labute approximate surface area is 173 Å². The smallest absolute Gasteiger partial charge is 0.343 e. The van der Waals surface area contributed by atoms with Gasteiger partial charge in [0, 0.05) is 46.6 Å². The third-order valence-electron chi connectivity index (χ3n) is 5.43. The van der Waals surface area contributed by atoms with Crippen molar-refractivity contribution in [1.82, 2.24) is 0 Å². The van der Waals surface area contributed by atoms with Crippen LogP contribution < -0.4 is 9.84 Å². The van der Waals surface area contributed by atoms with Crippen molar-refractivity contribution in [2.45, 2.75) is 19.8 Å². The molecule has 2 unspecified atom stereocenters. The Kier molecular flexibility index (Phi) is 4.78. The van der Waals surface area contributed by atoms with Crippen molar-refractivity contribution in [3.63, 3.8) is 0 Å². The highest BCUT2D eigenvalue weighted by Gasteiger charge is 2.38. The first kappa shape index (κ1) is 19.6. The largest absolute Gasteiger partial charge is 0.545 e. The monoisotopic (exact) mass is 404 g/mol. The van der Waals surface area contributed by atoms with Crippen LogP contribution in [0.15, 0.2) is 60.4 Å². The number of fused-ring (bicyclic) bond motifs is 2. The summed E-state index contributed by atoms with van der Waals surface area (Å²) in [6, 6.07) is 9.27. The summed E-state index contributed by atoms with van der Waals surface area (Å²) in [5, 5.41) is 21.9. The maximum Gasteiger partial charge on any atom is 0.343 e. The number of carboxylic acid groups (broad SMARTS) is 1. The molecule has 1 aliphatic carbocycles. The van der Waals surface area contributed by atoms with Crippen LogP contribution >= 0.6 is 0 Å². The topological polar surface area (TPSA) is 108 Å². The molecule has 2 aromatic rings. The molecular formula is C24H20O6. The van der Waals surface area contributed by atoms with E-state index in [0.29, 0.717) is 28.2 Å². The Morgan fingerprint density at radius 2 is 1.87 bits per heavy atom. The zero-order chi connectivity index (χ0) is 21.6. The predicted molar refractivity (Wildman–Crippen MR) is 108 cm³/mol. The minimum Gasteiger partial charge on any atom is -0.545 e. The number of rotatable bonds is 4. The number of aromatic carboxylic acids is 1. The number of ketones is 2. The quantitative estimate of drug-likeness (QED) is 0.623. The Morgan fingerprint density at radius 3 is 2.57 bits per heavy atom. The number of benzene rings is 2. The zero-order valence-electron chi connectivity index (χ0n) is 16.5. The molecular weight excluding hydrogens is 384 g/mol. The third kappa shape index (κ3) is 3.30. The van der Waals surface area contributed by atoms with Crippen molar-refractivity contribution in [1.29, 1.82) is 0 Å². The summed E-state index contributed by atoms with van der Waals surface area (Å²) in [5.74, 6) is -1.82. The Hall–Kier alpha value is -3.67. The summed E-state index contributed by atoms with van der Waals surface area (Å²) in [4.78, 5) is 34.3. The molecule has 0 amide bonds. The van der Waals surface area contributed by atoms with Gasteiger partial charge in [0.05, 0.1) is 12.0 Å². The minimum absolute atomic E-state index is 0.00380. The number of hydrogen-bond donors (Lipinski definition) is 1. The van der Waals surface area contributed by atoms with Crippen LogP contribution in [0.4, 0.5) is 0 Å². The van der Waals surface area contributed by atoms with Gasteiger partial charge in [0.2, 0.25) is 0 Å². The van der Waals surface area contributed by atoms with Gasteiger partial charge < -0.3 is 19.7 Å². The van der Waals surface area contributed by atoms with Crippen LogP contribution in [0.5, 0.6) is 11.5 Å². The van der Waals surface area contributed by atoms with Gasteiger partial charge in [-0.2, -0.15) is 0 Å². The first-order chi connectivity index (χ1) is 14.3. The van der Waals surface area contributed by atoms with Crippen LogP contribution in [0.1, 0.15) is 51.6 Å². The second-order valence-corrected chi connectivity index (χ2v) is 7.77. The molecule has 2 atom stereocenters. The molecule has 1 aliphatic heterocycles. The number of carboxylic acids is 1. The van der Waals surface area contributed by atoms with Gasteiger partial charge in [-0.05, 0) is 17.7 Å². The van der Waals surface area contributed by atoms with Crippen molar-refractivity contribution >= 4 is 17.5 Å². The summed E-state index contributed by atoms with van der Waals surface area (Å²) >= 11 is 0. The molecule has 0 saturated carbocycles. The van der Waals surface area contributed by atoms with E-state index < -0.39 is 11.9 Å². The molecule has 6 heteroatoms. The molecule has 0 aromatic heterocycles.